The second-order valence-corrected chi connectivity index (χ2v) is 9.77. The van der Waals surface area contributed by atoms with Gasteiger partial charge >= 0.3 is 0 Å². The molecule has 1 aromatic heterocycles. The minimum absolute atomic E-state index is 0.0761. The molecule has 1 amide bonds. The summed E-state index contributed by atoms with van der Waals surface area (Å²) < 4.78 is 15.3. The fraction of sp³-hybridized carbons (Fsp3) is 0.370. The summed E-state index contributed by atoms with van der Waals surface area (Å²) in [6.07, 6.45) is 2.25. The number of amides is 1. The van der Waals surface area contributed by atoms with E-state index in [4.69, 9.17) is 5.73 Å². The van der Waals surface area contributed by atoms with Crippen LogP contribution in [-0.4, -0.2) is 60.0 Å². The van der Waals surface area contributed by atoms with Crippen LogP contribution in [0.2, 0.25) is 0 Å². The van der Waals surface area contributed by atoms with E-state index in [0.29, 0.717) is 41.0 Å². The van der Waals surface area contributed by atoms with Gasteiger partial charge in [-0.2, -0.15) is 0 Å². The molecular weight excluding hydrogens is 443 g/mol. The molecule has 0 radical (unpaired) electrons. The zero-order chi connectivity index (χ0) is 24.7. The summed E-state index contributed by atoms with van der Waals surface area (Å²) in [5.41, 5.74) is 10.7. The normalized spacial score (nSPS) is 18.5. The van der Waals surface area contributed by atoms with Gasteiger partial charge in [-0.05, 0) is 55.3 Å². The standard InChI is InChI=1S/C27H31FN6O/c1-16(2)24-15-34(11-10-33(24)3)19-5-7-21(22(28)13-19)23-14-31-26(29)25(32-23)18-4-6-20-17(12-18)8-9-30-27(20)35/h4-7,12-14,16,24H,8-11,15H2,1-3H3,(H2,29,31)(H,30,35)/t24-/m1/s1. The van der Waals surface area contributed by atoms with E-state index in [-0.39, 0.29) is 17.5 Å². The molecule has 182 valence electrons. The minimum atomic E-state index is -0.338. The maximum atomic E-state index is 15.3. The highest BCUT2D eigenvalue weighted by atomic mass is 19.1. The maximum Gasteiger partial charge on any atom is 0.251 e. The average Bonchev–Trinajstić information content (AvgIpc) is 2.84. The van der Waals surface area contributed by atoms with Crippen molar-refractivity contribution in [3.05, 3.63) is 59.5 Å². The van der Waals surface area contributed by atoms with Crippen molar-refractivity contribution >= 4 is 17.4 Å². The Morgan fingerprint density at radius 3 is 2.71 bits per heavy atom. The van der Waals surface area contributed by atoms with E-state index in [1.54, 1.807) is 18.2 Å². The number of nitrogen functional groups attached to an aromatic ring is 1. The van der Waals surface area contributed by atoms with Gasteiger partial charge in [0.15, 0.2) is 0 Å². The molecule has 1 saturated heterocycles. The lowest BCUT2D eigenvalue weighted by molar-refractivity contribution is 0.0946. The summed E-state index contributed by atoms with van der Waals surface area (Å²) in [5, 5.41) is 2.84. The van der Waals surface area contributed by atoms with Crippen LogP contribution in [0.25, 0.3) is 22.5 Å². The number of nitrogens with one attached hydrogen (secondary N) is 1. The Balaban J connectivity index is 1.44. The average molecular weight is 475 g/mol. The van der Waals surface area contributed by atoms with E-state index >= 15 is 4.39 Å². The number of carbonyl (C=O) groups is 1. The van der Waals surface area contributed by atoms with E-state index in [2.05, 4.69) is 46.0 Å². The lowest BCUT2D eigenvalue weighted by Crippen LogP contribution is -2.53. The molecule has 35 heavy (non-hydrogen) atoms. The van der Waals surface area contributed by atoms with Crippen molar-refractivity contribution < 1.29 is 9.18 Å². The zero-order valence-electron chi connectivity index (χ0n) is 20.4. The quantitative estimate of drug-likeness (QED) is 0.601. The first-order valence-electron chi connectivity index (χ1n) is 12.1. The minimum Gasteiger partial charge on any atom is -0.382 e. The van der Waals surface area contributed by atoms with Crippen molar-refractivity contribution in [2.24, 2.45) is 5.92 Å². The Labute approximate surface area is 205 Å². The summed E-state index contributed by atoms with van der Waals surface area (Å²) in [6, 6.07) is 11.3. The SMILES string of the molecule is CC(C)[C@H]1CN(c2ccc(-c3cnc(N)c(-c4ccc5c(c4)CCNC5=O)n3)c(F)c2)CCN1C. The molecule has 1 atom stereocenters. The van der Waals surface area contributed by atoms with Crippen molar-refractivity contribution in [1.82, 2.24) is 20.2 Å². The first-order valence-corrected chi connectivity index (χ1v) is 12.1. The number of carbonyl (C=O) groups excluding carboxylic acids is 1. The van der Waals surface area contributed by atoms with Crippen molar-refractivity contribution in [1.29, 1.82) is 0 Å². The molecule has 8 heteroatoms. The fourth-order valence-corrected chi connectivity index (χ4v) is 5.08. The van der Waals surface area contributed by atoms with E-state index in [1.807, 2.05) is 18.2 Å². The van der Waals surface area contributed by atoms with Crippen LogP contribution in [0, 0.1) is 11.7 Å². The number of rotatable bonds is 4. The first-order chi connectivity index (χ1) is 16.8. The first kappa shape index (κ1) is 23.2. The highest BCUT2D eigenvalue weighted by molar-refractivity contribution is 5.97. The number of nitrogens with zero attached hydrogens (tertiary/aromatic N) is 4. The molecule has 7 nitrogen and oxygen atoms in total. The smallest absolute Gasteiger partial charge is 0.251 e. The molecule has 3 N–H and O–H groups in total. The van der Waals surface area contributed by atoms with Gasteiger partial charge in [-0.25, -0.2) is 14.4 Å². The third-order valence-corrected chi connectivity index (χ3v) is 7.16. The number of piperazine rings is 1. The largest absolute Gasteiger partial charge is 0.382 e. The number of halogens is 1. The van der Waals surface area contributed by atoms with E-state index in [0.717, 1.165) is 42.9 Å². The number of nitrogens with two attached hydrogens (primary N) is 1. The number of fused-ring (bicyclic) bond motifs is 1. The number of benzene rings is 2. The summed E-state index contributed by atoms with van der Waals surface area (Å²) in [5.74, 6) is 0.374. The summed E-state index contributed by atoms with van der Waals surface area (Å²) in [7, 11) is 2.15. The molecule has 0 saturated carbocycles. The second-order valence-electron chi connectivity index (χ2n) is 9.77. The van der Waals surface area contributed by atoms with Gasteiger partial charge in [-0.3, -0.25) is 9.69 Å². The molecule has 2 aliphatic heterocycles. The Bertz CT molecular complexity index is 1280. The van der Waals surface area contributed by atoms with Crippen molar-refractivity contribution in [3.8, 4) is 22.5 Å². The summed E-state index contributed by atoms with van der Waals surface area (Å²) in [4.78, 5) is 25.7. The molecule has 0 spiro atoms. The third-order valence-electron chi connectivity index (χ3n) is 7.16. The van der Waals surface area contributed by atoms with Gasteiger partial charge in [0.25, 0.3) is 5.91 Å². The van der Waals surface area contributed by atoms with Crippen LogP contribution in [0.1, 0.15) is 29.8 Å². The zero-order valence-corrected chi connectivity index (χ0v) is 20.4. The topological polar surface area (TPSA) is 87.4 Å². The predicted octanol–water partition coefficient (Wildman–Crippen LogP) is 3.59. The number of likely N-dealkylation sites (N-methyl/N-ethyl adjacent to an activating group) is 1. The van der Waals surface area contributed by atoms with Gasteiger partial charge in [-0.1, -0.05) is 19.9 Å². The number of anilines is 2. The van der Waals surface area contributed by atoms with Crippen LogP contribution in [0.5, 0.6) is 0 Å². The Morgan fingerprint density at radius 1 is 1.14 bits per heavy atom. The van der Waals surface area contributed by atoms with Gasteiger partial charge in [0.05, 0.1) is 11.9 Å². The van der Waals surface area contributed by atoms with E-state index in [1.165, 1.54) is 6.20 Å². The Kier molecular flexibility index (Phi) is 6.15. The fourth-order valence-electron chi connectivity index (χ4n) is 5.08. The lowest BCUT2D eigenvalue weighted by Gasteiger charge is -2.42. The highest BCUT2D eigenvalue weighted by Gasteiger charge is 2.27. The summed E-state index contributed by atoms with van der Waals surface area (Å²) >= 11 is 0. The maximum absolute atomic E-state index is 15.3. The third kappa shape index (κ3) is 4.46. The van der Waals surface area contributed by atoms with Crippen LogP contribution in [0.3, 0.4) is 0 Å². The molecule has 0 bridgehead atoms. The molecule has 0 unspecified atom stereocenters. The van der Waals surface area contributed by atoms with Gasteiger partial charge in [0.2, 0.25) is 0 Å². The Morgan fingerprint density at radius 2 is 1.94 bits per heavy atom. The molecule has 2 aliphatic rings. The lowest BCUT2D eigenvalue weighted by atomic mass is 9.96. The van der Waals surface area contributed by atoms with Gasteiger partial charge in [0, 0.05) is 54.6 Å². The second kappa shape index (κ2) is 9.26. The van der Waals surface area contributed by atoms with Crippen LogP contribution in [0.4, 0.5) is 15.9 Å². The van der Waals surface area contributed by atoms with Crippen molar-refractivity contribution in [3.63, 3.8) is 0 Å². The highest BCUT2D eigenvalue weighted by Crippen LogP contribution is 2.31. The molecule has 0 aliphatic carbocycles. The number of hydrogen-bond acceptors (Lipinski definition) is 6. The van der Waals surface area contributed by atoms with Crippen LogP contribution in [-0.2, 0) is 6.42 Å². The molecule has 5 rings (SSSR count). The summed E-state index contributed by atoms with van der Waals surface area (Å²) in [6.45, 7) is 7.72. The van der Waals surface area contributed by atoms with Crippen LogP contribution in [0.15, 0.2) is 42.6 Å². The monoisotopic (exact) mass is 474 g/mol. The molecule has 3 aromatic rings. The Hall–Kier alpha value is -3.52. The van der Waals surface area contributed by atoms with Crippen molar-refractivity contribution in [2.45, 2.75) is 26.3 Å². The van der Waals surface area contributed by atoms with Crippen LogP contribution >= 0.6 is 0 Å². The molecular formula is C27H31FN6O. The van der Waals surface area contributed by atoms with Gasteiger partial charge < -0.3 is 16.0 Å². The molecule has 3 heterocycles. The van der Waals surface area contributed by atoms with Crippen LogP contribution < -0.4 is 16.0 Å². The van der Waals surface area contributed by atoms with E-state index < -0.39 is 0 Å². The van der Waals surface area contributed by atoms with Gasteiger partial charge in [-0.15, -0.1) is 0 Å². The van der Waals surface area contributed by atoms with Crippen molar-refractivity contribution in [2.75, 3.05) is 43.9 Å². The van der Waals surface area contributed by atoms with E-state index in [9.17, 15) is 4.79 Å². The number of aromatic nitrogens is 2. The predicted molar refractivity (Wildman–Crippen MR) is 137 cm³/mol. The van der Waals surface area contributed by atoms with Gasteiger partial charge in [0.1, 0.15) is 17.3 Å². The number of hydrogen-bond donors (Lipinski definition) is 2. The molecule has 1 fully saturated rings. The molecule has 2 aromatic carbocycles.